The van der Waals surface area contributed by atoms with Crippen LogP contribution < -0.4 is 10.2 Å². The summed E-state index contributed by atoms with van der Waals surface area (Å²) in [4.78, 5) is 31.6. The van der Waals surface area contributed by atoms with E-state index >= 15 is 0 Å². The summed E-state index contributed by atoms with van der Waals surface area (Å²) in [6.07, 6.45) is 9.41. The number of nitrogens with zero attached hydrogens (tertiary/aromatic N) is 4. The van der Waals surface area contributed by atoms with Crippen LogP contribution in [0.25, 0.3) is 5.69 Å². The van der Waals surface area contributed by atoms with Gasteiger partial charge < -0.3 is 19.6 Å². The number of anilines is 1. The molecule has 0 bridgehead atoms. The van der Waals surface area contributed by atoms with Crippen molar-refractivity contribution in [2.24, 2.45) is 4.99 Å². The Morgan fingerprint density at radius 1 is 1.09 bits per heavy atom. The summed E-state index contributed by atoms with van der Waals surface area (Å²) >= 11 is 0. The van der Waals surface area contributed by atoms with Crippen molar-refractivity contribution in [3.05, 3.63) is 103 Å². The first-order valence-corrected chi connectivity index (χ1v) is 10.4. The molecule has 0 saturated carbocycles. The Kier molecular flexibility index (Phi) is 7.70. The number of carbonyl (C=O) groups is 2. The lowest BCUT2D eigenvalue weighted by Crippen LogP contribution is -2.49. The summed E-state index contributed by atoms with van der Waals surface area (Å²) in [7, 11) is 1.82. The van der Waals surface area contributed by atoms with Crippen molar-refractivity contribution in [3.8, 4) is 5.69 Å². The Balaban J connectivity index is 0.000000464. The minimum absolute atomic E-state index is 0.0378. The van der Waals surface area contributed by atoms with Gasteiger partial charge in [0.2, 0.25) is 0 Å². The van der Waals surface area contributed by atoms with E-state index in [1.54, 1.807) is 24.7 Å². The monoisotopic (exact) mass is 441 g/mol. The molecular weight excluding hydrogens is 414 g/mol. The molecule has 0 fully saturated rings. The lowest BCUT2D eigenvalue weighted by atomic mass is 9.92. The summed E-state index contributed by atoms with van der Waals surface area (Å²) < 4.78 is 1.96. The van der Waals surface area contributed by atoms with Crippen LogP contribution in [0.2, 0.25) is 0 Å². The van der Waals surface area contributed by atoms with Gasteiger partial charge in [0.25, 0.3) is 5.91 Å². The lowest BCUT2D eigenvalue weighted by Gasteiger charge is -2.43. The smallest absolute Gasteiger partial charge is 0.255 e. The Morgan fingerprint density at radius 2 is 1.79 bits per heavy atom. The van der Waals surface area contributed by atoms with Crippen LogP contribution in [-0.4, -0.2) is 41.6 Å². The van der Waals surface area contributed by atoms with Gasteiger partial charge >= 0.3 is 0 Å². The van der Waals surface area contributed by atoms with E-state index in [2.05, 4.69) is 51.6 Å². The molecular formula is C26H27N5O2. The van der Waals surface area contributed by atoms with Crippen molar-refractivity contribution >= 4 is 24.1 Å². The molecule has 168 valence electrons. The Labute approximate surface area is 193 Å². The van der Waals surface area contributed by atoms with Crippen LogP contribution in [0.15, 0.2) is 91.5 Å². The predicted octanol–water partition coefficient (Wildman–Crippen LogP) is 4.12. The molecule has 2 aliphatic heterocycles. The molecule has 2 aromatic carbocycles. The maximum atomic E-state index is 12.8. The average molecular weight is 442 g/mol. The van der Waals surface area contributed by atoms with Gasteiger partial charge in [0.15, 0.2) is 0 Å². The standard InChI is InChI=1S/C21H19N5O.C4H6.CH2O/c1-22-18-9-11-26-19-16(18)3-2-4-17(19)21(27)24-20(26)14-5-7-15(8-6-14)25-12-10-23-13-25;1-3-4-2;1-2/h2-8,10,12-13,20H,9,11H2,1H3,(H,24,27);3-4H,1-2H2;1H2. The first kappa shape index (κ1) is 23.4. The molecule has 1 atom stereocenters. The van der Waals surface area contributed by atoms with E-state index in [4.69, 9.17) is 4.79 Å². The van der Waals surface area contributed by atoms with Crippen molar-refractivity contribution in [2.75, 3.05) is 18.5 Å². The van der Waals surface area contributed by atoms with Crippen LogP contribution in [0.5, 0.6) is 0 Å². The number of carbonyl (C=O) groups excluding carboxylic acids is 2. The van der Waals surface area contributed by atoms with E-state index in [-0.39, 0.29) is 12.1 Å². The number of allylic oxidation sites excluding steroid dienone is 2. The average Bonchev–Trinajstić information content (AvgIpc) is 3.42. The van der Waals surface area contributed by atoms with Crippen molar-refractivity contribution < 1.29 is 9.59 Å². The summed E-state index contributed by atoms with van der Waals surface area (Å²) in [5.41, 5.74) is 5.95. The molecule has 0 radical (unpaired) electrons. The summed E-state index contributed by atoms with van der Waals surface area (Å²) in [5, 5.41) is 3.17. The molecule has 5 rings (SSSR count). The first-order chi connectivity index (χ1) is 16.2. The number of para-hydroxylation sites is 1. The van der Waals surface area contributed by atoms with Crippen LogP contribution >= 0.6 is 0 Å². The molecule has 33 heavy (non-hydrogen) atoms. The number of rotatable bonds is 3. The maximum absolute atomic E-state index is 12.8. The minimum Gasteiger partial charge on any atom is -0.346 e. The zero-order valence-corrected chi connectivity index (χ0v) is 18.6. The van der Waals surface area contributed by atoms with Gasteiger partial charge in [-0.15, -0.1) is 0 Å². The second-order valence-corrected chi connectivity index (χ2v) is 7.22. The highest BCUT2D eigenvalue weighted by Gasteiger charge is 2.36. The van der Waals surface area contributed by atoms with Crippen LogP contribution in [0, 0.1) is 0 Å². The van der Waals surface area contributed by atoms with E-state index in [9.17, 15) is 4.79 Å². The van der Waals surface area contributed by atoms with Gasteiger partial charge in [-0.25, -0.2) is 4.98 Å². The van der Waals surface area contributed by atoms with E-state index in [0.717, 1.165) is 46.7 Å². The van der Waals surface area contributed by atoms with Crippen LogP contribution in [0.3, 0.4) is 0 Å². The molecule has 7 nitrogen and oxygen atoms in total. The fraction of sp³-hybridized carbons (Fsp3) is 0.154. The van der Waals surface area contributed by atoms with Crippen LogP contribution in [0.1, 0.15) is 34.1 Å². The number of nitrogens with one attached hydrogen (secondary N) is 1. The van der Waals surface area contributed by atoms with Crippen molar-refractivity contribution in [1.82, 2.24) is 14.9 Å². The summed E-state index contributed by atoms with van der Waals surface area (Å²) in [6.45, 7) is 9.55. The maximum Gasteiger partial charge on any atom is 0.255 e. The molecule has 3 aromatic rings. The van der Waals surface area contributed by atoms with E-state index in [1.807, 2.05) is 48.9 Å². The summed E-state index contributed by atoms with van der Waals surface area (Å²) in [6, 6.07) is 14.1. The normalized spacial score (nSPS) is 16.9. The topological polar surface area (TPSA) is 79.6 Å². The van der Waals surface area contributed by atoms with Crippen molar-refractivity contribution in [2.45, 2.75) is 12.6 Å². The molecule has 3 heterocycles. The van der Waals surface area contributed by atoms with Gasteiger partial charge in [0, 0.05) is 49.4 Å². The molecule has 0 saturated heterocycles. The summed E-state index contributed by atoms with van der Waals surface area (Å²) in [5.74, 6) is -0.0378. The third kappa shape index (κ3) is 4.67. The van der Waals surface area contributed by atoms with E-state index < -0.39 is 0 Å². The van der Waals surface area contributed by atoms with Crippen LogP contribution in [-0.2, 0) is 4.79 Å². The quantitative estimate of drug-likeness (QED) is 0.620. The highest BCUT2D eigenvalue weighted by Crippen LogP contribution is 2.39. The Bertz CT molecular complexity index is 1140. The van der Waals surface area contributed by atoms with Gasteiger partial charge in [-0.2, -0.15) is 0 Å². The number of aliphatic imine (C=N–C) groups is 1. The van der Waals surface area contributed by atoms with E-state index in [1.165, 1.54) is 0 Å². The predicted molar refractivity (Wildman–Crippen MR) is 132 cm³/mol. The van der Waals surface area contributed by atoms with Crippen molar-refractivity contribution in [1.29, 1.82) is 0 Å². The van der Waals surface area contributed by atoms with Crippen molar-refractivity contribution in [3.63, 3.8) is 0 Å². The van der Waals surface area contributed by atoms with Gasteiger partial charge in [0.05, 0.1) is 17.6 Å². The van der Waals surface area contributed by atoms with Gasteiger partial charge in [-0.05, 0) is 23.8 Å². The van der Waals surface area contributed by atoms with Gasteiger partial charge in [0.1, 0.15) is 13.0 Å². The number of hydrogen-bond acceptors (Lipinski definition) is 5. The molecule has 1 amide bonds. The SMILES string of the molecule is C=CC=C.C=O.CN=C1CCN2c3c(cccc31)C(=O)NC2c1ccc(-n2ccnc2)cc1. The van der Waals surface area contributed by atoms with E-state index in [0.29, 0.717) is 0 Å². The molecule has 1 unspecified atom stereocenters. The molecule has 2 aliphatic rings. The highest BCUT2D eigenvalue weighted by molar-refractivity contribution is 6.13. The molecule has 1 N–H and O–H groups in total. The Morgan fingerprint density at radius 3 is 2.39 bits per heavy atom. The largest absolute Gasteiger partial charge is 0.346 e. The molecule has 0 spiro atoms. The van der Waals surface area contributed by atoms with Crippen LogP contribution in [0.4, 0.5) is 5.69 Å². The number of imidazole rings is 1. The first-order valence-electron chi connectivity index (χ1n) is 10.4. The third-order valence-electron chi connectivity index (χ3n) is 5.50. The van der Waals surface area contributed by atoms with Gasteiger partial charge in [-0.3, -0.25) is 9.79 Å². The Hall–Kier alpha value is -4.26. The second kappa shape index (κ2) is 10.9. The molecule has 1 aromatic heterocycles. The van der Waals surface area contributed by atoms with Gasteiger partial charge in [-0.1, -0.05) is 49.6 Å². The number of aromatic nitrogens is 2. The zero-order valence-electron chi connectivity index (χ0n) is 18.6. The zero-order chi connectivity index (χ0) is 23.8. The third-order valence-corrected chi connectivity index (χ3v) is 5.50. The fourth-order valence-corrected chi connectivity index (χ4v) is 4.02. The molecule has 0 aliphatic carbocycles. The number of hydrogen-bond donors (Lipinski definition) is 1. The number of benzene rings is 2. The number of amides is 1. The fourth-order valence-electron chi connectivity index (χ4n) is 4.02. The minimum atomic E-state index is -0.179. The molecule has 7 heteroatoms. The highest BCUT2D eigenvalue weighted by atomic mass is 16.2. The second-order valence-electron chi connectivity index (χ2n) is 7.22. The lowest BCUT2D eigenvalue weighted by molar-refractivity contribution is -0.0980.